The van der Waals surface area contributed by atoms with Crippen LogP contribution in [0.2, 0.25) is 0 Å². The first kappa shape index (κ1) is 24.2. The molecular weight excluding hydrogens is 446 g/mol. The van der Waals surface area contributed by atoms with Crippen molar-refractivity contribution in [3.8, 4) is 17.2 Å². The summed E-state index contributed by atoms with van der Waals surface area (Å²) >= 11 is 0. The Morgan fingerprint density at radius 2 is 1.66 bits per heavy atom. The molecule has 35 heavy (non-hydrogen) atoms. The summed E-state index contributed by atoms with van der Waals surface area (Å²) in [5.74, 6) is 1.29. The molecule has 0 fully saturated rings. The second kappa shape index (κ2) is 10.1. The third-order valence-corrected chi connectivity index (χ3v) is 6.27. The number of Topliss-reactive ketones (excluding diaryl/α,β-unsaturated/α-hetero) is 1. The van der Waals surface area contributed by atoms with Gasteiger partial charge in [-0.2, -0.15) is 0 Å². The molecule has 0 radical (unpaired) electrons. The molecule has 4 rings (SSSR count). The predicted molar refractivity (Wildman–Crippen MR) is 132 cm³/mol. The third-order valence-electron chi connectivity index (χ3n) is 6.27. The van der Waals surface area contributed by atoms with Gasteiger partial charge in [0.25, 0.3) is 5.91 Å². The van der Waals surface area contributed by atoms with E-state index in [0.717, 1.165) is 5.56 Å². The largest absolute Gasteiger partial charge is 0.493 e. The summed E-state index contributed by atoms with van der Waals surface area (Å²) in [4.78, 5) is 34.5. The van der Waals surface area contributed by atoms with Gasteiger partial charge in [-0.25, -0.2) is 9.97 Å². The number of aromatic nitrogens is 2. The first-order valence-corrected chi connectivity index (χ1v) is 11.4. The summed E-state index contributed by atoms with van der Waals surface area (Å²) in [5, 5.41) is 2.71. The number of nitrogens with zero attached hydrogens (tertiary/aromatic N) is 2. The molecule has 1 amide bonds. The van der Waals surface area contributed by atoms with Crippen LogP contribution in [0.1, 0.15) is 69.6 Å². The fourth-order valence-electron chi connectivity index (χ4n) is 4.28. The number of ketones is 1. The van der Waals surface area contributed by atoms with Crippen LogP contribution in [0.3, 0.4) is 0 Å². The number of carbonyl (C=O) groups is 2. The number of hydrogen-bond acceptors (Lipinski definition) is 7. The van der Waals surface area contributed by atoms with Gasteiger partial charge in [0.05, 0.1) is 32.6 Å². The van der Waals surface area contributed by atoms with Crippen LogP contribution < -0.4 is 19.5 Å². The Kier molecular flexibility index (Phi) is 7.00. The van der Waals surface area contributed by atoms with Crippen molar-refractivity contribution in [1.29, 1.82) is 0 Å². The maximum atomic E-state index is 12.9. The van der Waals surface area contributed by atoms with Crippen LogP contribution >= 0.6 is 0 Å². The lowest BCUT2D eigenvalue weighted by atomic mass is 9.81. The summed E-state index contributed by atoms with van der Waals surface area (Å²) < 4.78 is 16.0. The topological polar surface area (TPSA) is 99.6 Å². The van der Waals surface area contributed by atoms with Gasteiger partial charge >= 0.3 is 0 Å². The van der Waals surface area contributed by atoms with E-state index in [1.807, 2.05) is 0 Å². The second-order valence-corrected chi connectivity index (χ2v) is 8.77. The number of rotatable bonds is 7. The van der Waals surface area contributed by atoms with E-state index in [1.54, 1.807) is 12.1 Å². The standard InChI is InChI=1S/C27H29N3O5/c1-15(2)16-6-8-17(9-7-16)18-10-21-20(22(31)11-18)14-28-27(29-21)30-26(32)19-12-23(33-3)25(35-5)24(13-19)34-4/h6-9,12-15,18H,10-11H2,1-5H3,(H,28,29,30,32)/t18-/m1/s1. The van der Waals surface area contributed by atoms with Crippen LogP contribution in [0.25, 0.3) is 0 Å². The third kappa shape index (κ3) is 4.96. The van der Waals surface area contributed by atoms with Crippen LogP contribution in [0.5, 0.6) is 17.2 Å². The molecule has 0 saturated carbocycles. The van der Waals surface area contributed by atoms with Crippen molar-refractivity contribution in [2.75, 3.05) is 26.6 Å². The normalized spacial score (nSPS) is 14.9. The van der Waals surface area contributed by atoms with Crippen molar-refractivity contribution in [3.05, 3.63) is 70.5 Å². The first-order valence-electron chi connectivity index (χ1n) is 11.4. The van der Waals surface area contributed by atoms with Crippen molar-refractivity contribution in [2.24, 2.45) is 0 Å². The SMILES string of the molecule is COc1cc(C(=O)Nc2ncc3c(n2)C[C@@H](c2ccc(C(C)C)cc2)CC3=O)cc(OC)c1OC. The van der Waals surface area contributed by atoms with Crippen molar-refractivity contribution < 1.29 is 23.8 Å². The Bertz CT molecular complexity index is 1230. The molecule has 8 nitrogen and oxygen atoms in total. The number of amides is 1. The van der Waals surface area contributed by atoms with E-state index in [4.69, 9.17) is 14.2 Å². The van der Waals surface area contributed by atoms with E-state index in [-0.39, 0.29) is 17.6 Å². The fraction of sp³-hybridized carbons (Fsp3) is 0.333. The van der Waals surface area contributed by atoms with Gasteiger partial charge in [-0.05, 0) is 41.5 Å². The molecule has 3 aromatic rings. The molecule has 1 heterocycles. The highest BCUT2D eigenvalue weighted by atomic mass is 16.5. The molecule has 1 atom stereocenters. The number of nitrogens with one attached hydrogen (secondary N) is 1. The monoisotopic (exact) mass is 475 g/mol. The van der Waals surface area contributed by atoms with Gasteiger partial charge in [-0.1, -0.05) is 38.1 Å². The van der Waals surface area contributed by atoms with Gasteiger partial charge in [0.2, 0.25) is 11.7 Å². The lowest BCUT2D eigenvalue weighted by Crippen LogP contribution is -2.22. The first-order chi connectivity index (χ1) is 16.8. The number of benzene rings is 2. The minimum atomic E-state index is -0.438. The maximum absolute atomic E-state index is 12.9. The summed E-state index contributed by atoms with van der Waals surface area (Å²) in [5.41, 5.74) is 3.80. The van der Waals surface area contributed by atoms with Gasteiger partial charge in [-0.15, -0.1) is 0 Å². The Balaban J connectivity index is 1.56. The van der Waals surface area contributed by atoms with Gasteiger partial charge in [0.1, 0.15) is 0 Å². The average molecular weight is 476 g/mol. The number of carbonyl (C=O) groups excluding carboxylic acids is 2. The molecule has 1 aliphatic rings. The quantitative estimate of drug-likeness (QED) is 0.524. The highest BCUT2D eigenvalue weighted by Gasteiger charge is 2.28. The second-order valence-electron chi connectivity index (χ2n) is 8.77. The summed E-state index contributed by atoms with van der Waals surface area (Å²) in [7, 11) is 4.46. The molecule has 2 aromatic carbocycles. The molecule has 0 aliphatic heterocycles. The van der Waals surface area contributed by atoms with E-state index < -0.39 is 5.91 Å². The fourth-order valence-corrected chi connectivity index (χ4v) is 4.28. The highest BCUT2D eigenvalue weighted by Crippen LogP contribution is 2.38. The van der Waals surface area contributed by atoms with E-state index in [0.29, 0.717) is 52.8 Å². The van der Waals surface area contributed by atoms with Crippen molar-refractivity contribution >= 4 is 17.6 Å². The average Bonchev–Trinajstić information content (AvgIpc) is 2.87. The van der Waals surface area contributed by atoms with Gasteiger partial charge in [0.15, 0.2) is 17.3 Å². The summed E-state index contributed by atoms with van der Waals surface area (Å²) in [6, 6.07) is 11.5. The van der Waals surface area contributed by atoms with Gasteiger partial charge < -0.3 is 14.2 Å². The minimum absolute atomic E-state index is 0.00619. The van der Waals surface area contributed by atoms with E-state index >= 15 is 0 Å². The number of ether oxygens (including phenoxy) is 3. The zero-order chi connectivity index (χ0) is 25.1. The Hall–Kier alpha value is -3.94. The van der Waals surface area contributed by atoms with E-state index in [1.165, 1.54) is 33.1 Å². The minimum Gasteiger partial charge on any atom is -0.493 e. The molecule has 0 bridgehead atoms. The van der Waals surface area contributed by atoms with Crippen LogP contribution in [0.4, 0.5) is 5.95 Å². The van der Waals surface area contributed by atoms with Crippen molar-refractivity contribution in [2.45, 2.75) is 38.5 Å². The molecule has 0 unspecified atom stereocenters. The molecule has 8 heteroatoms. The van der Waals surface area contributed by atoms with E-state index in [2.05, 4.69) is 53.4 Å². The highest BCUT2D eigenvalue weighted by molar-refractivity contribution is 6.04. The van der Waals surface area contributed by atoms with E-state index in [9.17, 15) is 9.59 Å². The van der Waals surface area contributed by atoms with Crippen LogP contribution in [-0.4, -0.2) is 43.0 Å². The molecule has 0 spiro atoms. The molecule has 0 saturated heterocycles. The lowest BCUT2D eigenvalue weighted by Gasteiger charge is -2.23. The zero-order valence-electron chi connectivity index (χ0n) is 20.5. The van der Waals surface area contributed by atoms with Crippen molar-refractivity contribution in [1.82, 2.24) is 9.97 Å². The van der Waals surface area contributed by atoms with Crippen LogP contribution in [0.15, 0.2) is 42.6 Å². The number of anilines is 1. The molecule has 1 aliphatic carbocycles. The zero-order valence-corrected chi connectivity index (χ0v) is 20.5. The molecule has 182 valence electrons. The van der Waals surface area contributed by atoms with Crippen molar-refractivity contribution in [3.63, 3.8) is 0 Å². The predicted octanol–water partition coefficient (Wildman–Crippen LogP) is 4.79. The van der Waals surface area contributed by atoms with Gasteiger partial charge in [-0.3, -0.25) is 14.9 Å². The Morgan fingerprint density at radius 3 is 2.23 bits per heavy atom. The Morgan fingerprint density at radius 1 is 1.00 bits per heavy atom. The number of fused-ring (bicyclic) bond motifs is 1. The summed E-state index contributed by atoms with van der Waals surface area (Å²) in [6.45, 7) is 4.31. The maximum Gasteiger partial charge on any atom is 0.258 e. The molecular formula is C27H29N3O5. The summed E-state index contributed by atoms with van der Waals surface area (Å²) in [6.07, 6.45) is 2.50. The Labute approximate surface area is 204 Å². The smallest absolute Gasteiger partial charge is 0.258 e. The van der Waals surface area contributed by atoms with Crippen LogP contribution in [-0.2, 0) is 6.42 Å². The molecule has 1 aromatic heterocycles. The van der Waals surface area contributed by atoms with Gasteiger partial charge in [0, 0.05) is 18.2 Å². The number of methoxy groups -OCH3 is 3. The molecule has 1 N–H and O–H groups in total. The van der Waals surface area contributed by atoms with Crippen LogP contribution in [0, 0.1) is 0 Å². The number of hydrogen-bond donors (Lipinski definition) is 1. The lowest BCUT2D eigenvalue weighted by molar-refractivity contribution is 0.0962.